The molecule has 0 aromatic heterocycles. The molecule has 1 fully saturated rings. The van der Waals surface area contributed by atoms with Gasteiger partial charge in [-0.2, -0.15) is 0 Å². The van der Waals surface area contributed by atoms with Crippen LogP contribution in [0.1, 0.15) is 24.8 Å². The molecule has 3 rings (SSSR count). The zero-order valence-electron chi connectivity index (χ0n) is 14.1. The fourth-order valence-electron chi connectivity index (χ4n) is 3.34. The molecule has 0 heterocycles. The lowest BCUT2D eigenvalue weighted by atomic mass is 9.92. The normalized spacial score (nSPS) is 23.4. The van der Waals surface area contributed by atoms with Gasteiger partial charge in [-0.15, -0.1) is 0 Å². The van der Waals surface area contributed by atoms with E-state index in [0.717, 1.165) is 16.7 Å². The van der Waals surface area contributed by atoms with Gasteiger partial charge in [0, 0.05) is 6.42 Å². The lowest BCUT2D eigenvalue weighted by Gasteiger charge is -2.31. The first-order valence-electron chi connectivity index (χ1n) is 8.68. The molecular formula is C20H24FNO3. The van der Waals surface area contributed by atoms with Crippen molar-refractivity contribution in [1.29, 1.82) is 0 Å². The van der Waals surface area contributed by atoms with Crippen LogP contribution in [-0.2, 0) is 6.42 Å². The lowest BCUT2D eigenvalue weighted by molar-refractivity contribution is -0.0377. The minimum atomic E-state index is -0.690. The van der Waals surface area contributed by atoms with Crippen LogP contribution < -0.4 is 10.5 Å². The zero-order valence-corrected chi connectivity index (χ0v) is 14.1. The smallest absolute Gasteiger partial charge is 0.125 e. The second-order valence-corrected chi connectivity index (χ2v) is 6.56. The van der Waals surface area contributed by atoms with Gasteiger partial charge in [0.1, 0.15) is 17.7 Å². The molecule has 0 spiro atoms. The Morgan fingerprint density at radius 1 is 1.12 bits per heavy atom. The molecule has 1 aliphatic rings. The van der Waals surface area contributed by atoms with Crippen molar-refractivity contribution in [2.45, 2.75) is 44.0 Å². The summed E-state index contributed by atoms with van der Waals surface area (Å²) in [5.74, 6) is 0.333. The molecular weight excluding hydrogens is 321 g/mol. The predicted molar refractivity (Wildman–Crippen MR) is 94.9 cm³/mol. The van der Waals surface area contributed by atoms with Crippen LogP contribution in [0.15, 0.2) is 42.5 Å². The maximum absolute atomic E-state index is 13.6. The van der Waals surface area contributed by atoms with Gasteiger partial charge < -0.3 is 20.7 Å². The molecule has 2 aromatic rings. The fraction of sp³-hybridized carbons (Fsp3) is 0.400. The highest BCUT2D eigenvalue weighted by Gasteiger charge is 2.29. The third kappa shape index (κ3) is 4.37. The van der Waals surface area contributed by atoms with Gasteiger partial charge in [-0.05, 0) is 66.8 Å². The maximum Gasteiger partial charge on any atom is 0.125 e. The van der Waals surface area contributed by atoms with Crippen molar-refractivity contribution in [2.24, 2.45) is 5.73 Å². The van der Waals surface area contributed by atoms with E-state index in [1.54, 1.807) is 6.07 Å². The van der Waals surface area contributed by atoms with E-state index in [2.05, 4.69) is 0 Å². The van der Waals surface area contributed by atoms with E-state index in [9.17, 15) is 14.6 Å². The summed E-state index contributed by atoms with van der Waals surface area (Å²) in [5.41, 5.74) is 8.38. The third-order valence-corrected chi connectivity index (χ3v) is 4.65. The fourth-order valence-corrected chi connectivity index (χ4v) is 3.34. The summed E-state index contributed by atoms with van der Waals surface area (Å²) in [6, 6.07) is 12.1. The Morgan fingerprint density at radius 2 is 1.96 bits per heavy atom. The number of rotatable bonds is 5. The molecule has 0 saturated heterocycles. The van der Waals surface area contributed by atoms with E-state index in [0.29, 0.717) is 38.0 Å². The summed E-state index contributed by atoms with van der Waals surface area (Å²) >= 11 is 0. The van der Waals surface area contributed by atoms with Gasteiger partial charge in [0.2, 0.25) is 0 Å². The highest BCUT2D eigenvalue weighted by Crippen LogP contribution is 2.31. The molecule has 134 valence electrons. The average molecular weight is 345 g/mol. The van der Waals surface area contributed by atoms with E-state index in [4.69, 9.17) is 10.5 Å². The molecule has 1 saturated carbocycles. The van der Waals surface area contributed by atoms with E-state index in [1.807, 2.05) is 24.3 Å². The summed E-state index contributed by atoms with van der Waals surface area (Å²) in [7, 11) is 0. The second-order valence-electron chi connectivity index (χ2n) is 6.56. The van der Waals surface area contributed by atoms with Gasteiger partial charge in [0.05, 0.1) is 12.2 Å². The molecule has 1 aliphatic carbocycles. The molecule has 0 aliphatic heterocycles. The molecule has 4 nitrogen and oxygen atoms in total. The Kier molecular flexibility index (Phi) is 5.68. The molecule has 2 aromatic carbocycles. The molecule has 5 heteroatoms. The molecule has 4 N–H and O–H groups in total. The van der Waals surface area contributed by atoms with Crippen LogP contribution in [0.5, 0.6) is 5.75 Å². The second kappa shape index (κ2) is 7.95. The van der Waals surface area contributed by atoms with E-state index in [-0.39, 0.29) is 11.9 Å². The Balaban J connectivity index is 1.87. The summed E-state index contributed by atoms with van der Waals surface area (Å²) in [4.78, 5) is 0. The summed E-state index contributed by atoms with van der Waals surface area (Å²) in [5, 5.41) is 19.7. The Hall–Kier alpha value is -1.95. The Bertz CT molecular complexity index is 722. The van der Waals surface area contributed by atoms with Crippen molar-refractivity contribution < 1.29 is 19.3 Å². The number of benzene rings is 2. The van der Waals surface area contributed by atoms with Crippen LogP contribution in [0.3, 0.4) is 0 Å². The van der Waals surface area contributed by atoms with Crippen LogP contribution in [0.2, 0.25) is 0 Å². The lowest BCUT2D eigenvalue weighted by Crippen LogP contribution is -2.39. The molecule has 0 radical (unpaired) electrons. The first-order valence-corrected chi connectivity index (χ1v) is 8.68. The predicted octanol–water partition coefficient (Wildman–Crippen LogP) is 2.65. The topological polar surface area (TPSA) is 75.7 Å². The number of hydrogen-bond donors (Lipinski definition) is 3. The SMILES string of the molecule is NCCc1ccc(OC2CCC(O)C[C@H]2O)cc1-c1cccc(F)c1. The average Bonchev–Trinajstić information content (AvgIpc) is 2.59. The quantitative estimate of drug-likeness (QED) is 0.779. The minimum Gasteiger partial charge on any atom is -0.488 e. The number of ether oxygens (including phenoxy) is 1. The van der Waals surface area contributed by atoms with Crippen molar-refractivity contribution in [2.75, 3.05) is 6.54 Å². The number of aliphatic hydroxyl groups is 2. The van der Waals surface area contributed by atoms with Crippen molar-refractivity contribution in [1.82, 2.24) is 0 Å². The molecule has 3 atom stereocenters. The van der Waals surface area contributed by atoms with Gasteiger partial charge in [-0.25, -0.2) is 4.39 Å². The molecule has 0 bridgehead atoms. The van der Waals surface area contributed by atoms with Crippen LogP contribution in [0.4, 0.5) is 4.39 Å². The summed E-state index contributed by atoms with van der Waals surface area (Å²) in [6.07, 6.45) is 0.724. The van der Waals surface area contributed by atoms with Gasteiger partial charge in [-0.3, -0.25) is 0 Å². The van der Waals surface area contributed by atoms with Crippen molar-refractivity contribution in [3.05, 3.63) is 53.8 Å². The van der Waals surface area contributed by atoms with Crippen molar-refractivity contribution in [3.8, 4) is 16.9 Å². The van der Waals surface area contributed by atoms with Crippen LogP contribution in [-0.4, -0.2) is 35.1 Å². The van der Waals surface area contributed by atoms with Gasteiger partial charge in [0.25, 0.3) is 0 Å². The van der Waals surface area contributed by atoms with Crippen molar-refractivity contribution in [3.63, 3.8) is 0 Å². The van der Waals surface area contributed by atoms with Crippen LogP contribution >= 0.6 is 0 Å². The highest BCUT2D eigenvalue weighted by atomic mass is 19.1. The van der Waals surface area contributed by atoms with Gasteiger partial charge in [0.15, 0.2) is 0 Å². The number of nitrogens with two attached hydrogens (primary N) is 1. The number of halogens is 1. The largest absolute Gasteiger partial charge is 0.488 e. The first-order chi connectivity index (χ1) is 12.1. The van der Waals surface area contributed by atoms with Crippen LogP contribution in [0, 0.1) is 5.82 Å². The van der Waals surface area contributed by atoms with E-state index < -0.39 is 12.2 Å². The molecule has 25 heavy (non-hydrogen) atoms. The van der Waals surface area contributed by atoms with E-state index in [1.165, 1.54) is 12.1 Å². The minimum absolute atomic E-state index is 0.292. The zero-order chi connectivity index (χ0) is 17.8. The standard InChI is InChI=1S/C20H24FNO3/c21-15-3-1-2-14(10-15)18-12-17(6-4-13(18)8-9-22)25-20-7-5-16(23)11-19(20)24/h1-4,6,10,12,16,19-20,23-24H,5,7-9,11,22H2/t16?,19-,20?/m1/s1. The first kappa shape index (κ1) is 17.9. The monoisotopic (exact) mass is 345 g/mol. The van der Waals surface area contributed by atoms with Gasteiger partial charge in [-0.1, -0.05) is 18.2 Å². The molecule has 2 unspecified atom stereocenters. The molecule has 0 amide bonds. The number of hydrogen-bond acceptors (Lipinski definition) is 4. The van der Waals surface area contributed by atoms with Gasteiger partial charge >= 0.3 is 0 Å². The Morgan fingerprint density at radius 3 is 2.68 bits per heavy atom. The maximum atomic E-state index is 13.6. The summed E-state index contributed by atoms with van der Waals surface area (Å²) in [6.45, 7) is 0.502. The van der Waals surface area contributed by atoms with E-state index >= 15 is 0 Å². The number of aliphatic hydroxyl groups excluding tert-OH is 2. The van der Waals surface area contributed by atoms with Crippen molar-refractivity contribution >= 4 is 0 Å². The Labute approximate surface area is 147 Å². The third-order valence-electron chi connectivity index (χ3n) is 4.65. The summed E-state index contributed by atoms with van der Waals surface area (Å²) < 4.78 is 19.6. The van der Waals surface area contributed by atoms with Crippen LogP contribution in [0.25, 0.3) is 11.1 Å². The highest BCUT2D eigenvalue weighted by molar-refractivity contribution is 5.69.